The first kappa shape index (κ1) is 19.0. The Balaban J connectivity index is 1.67. The maximum absolute atomic E-state index is 14.0. The van der Waals surface area contributed by atoms with Crippen molar-refractivity contribution in [2.75, 3.05) is 12.0 Å². The van der Waals surface area contributed by atoms with Gasteiger partial charge in [-0.15, -0.1) is 0 Å². The lowest BCUT2D eigenvalue weighted by Gasteiger charge is -2.52. The fourth-order valence-corrected chi connectivity index (χ4v) is 6.42. The van der Waals surface area contributed by atoms with E-state index in [4.69, 9.17) is 4.74 Å². The summed E-state index contributed by atoms with van der Waals surface area (Å²) < 4.78 is 5.46. The van der Waals surface area contributed by atoms with Crippen LogP contribution >= 0.6 is 0 Å². The third kappa shape index (κ3) is 2.01. The quantitative estimate of drug-likeness (QED) is 0.601. The number of benzene rings is 3. The molecular formula is C27H21NO4. The third-order valence-electron chi connectivity index (χ3n) is 7.50. The normalized spacial score (nSPS) is 27.1. The molecule has 5 heteroatoms. The predicted molar refractivity (Wildman–Crippen MR) is 119 cm³/mol. The zero-order chi connectivity index (χ0) is 22.2. The standard InChI is InChI=1S/C27H21NO4/c1-15(29)27-18-11-5-3-9-16(18)22(17-10-4-6-12-19(17)27)23-24(27)26(31)28(25(23)30)20-13-7-8-14-21(20)32-2/h3-14,22-24H,1-2H3/t22?,23-,24+,27?/m1/s1. The van der Waals surface area contributed by atoms with Crippen LogP contribution in [0.5, 0.6) is 5.75 Å². The Morgan fingerprint density at radius 2 is 1.41 bits per heavy atom. The lowest BCUT2D eigenvalue weighted by atomic mass is 9.46. The highest BCUT2D eigenvalue weighted by Gasteiger charge is 2.70. The van der Waals surface area contributed by atoms with Crippen molar-refractivity contribution in [3.05, 3.63) is 95.1 Å². The number of hydrogen-bond donors (Lipinski definition) is 0. The maximum atomic E-state index is 14.0. The number of rotatable bonds is 3. The molecule has 3 aromatic rings. The highest BCUT2D eigenvalue weighted by atomic mass is 16.5. The smallest absolute Gasteiger partial charge is 0.239 e. The lowest BCUT2D eigenvalue weighted by Crippen LogP contribution is -2.57. The number of imide groups is 1. The minimum Gasteiger partial charge on any atom is -0.495 e. The molecule has 1 aliphatic heterocycles. The first-order valence-electron chi connectivity index (χ1n) is 10.7. The number of amides is 2. The van der Waals surface area contributed by atoms with Crippen molar-refractivity contribution in [1.82, 2.24) is 0 Å². The van der Waals surface area contributed by atoms with Crippen molar-refractivity contribution >= 4 is 23.3 Å². The van der Waals surface area contributed by atoms with Crippen LogP contribution < -0.4 is 9.64 Å². The van der Waals surface area contributed by atoms with Gasteiger partial charge in [0.15, 0.2) is 0 Å². The Labute approximate surface area is 185 Å². The van der Waals surface area contributed by atoms with Gasteiger partial charge >= 0.3 is 0 Å². The van der Waals surface area contributed by atoms with Crippen LogP contribution in [0, 0.1) is 11.8 Å². The molecule has 7 rings (SSSR count). The topological polar surface area (TPSA) is 63.7 Å². The summed E-state index contributed by atoms with van der Waals surface area (Å²) in [5, 5.41) is 0. The van der Waals surface area contributed by atoms with Crippen LogP contribution in [0.15, 0.2) is 72.8 Å². The van der Waals surface area contributed by atoms with Gasteiger partial charge < -0.3 is 4.74 Å². The molecule has 0 saturated carbocycles. The number of Topliss-reactive ketones (excluding diaryl/α,β-unsaturated/α-hetero) is 1. The fraction of sp³-hybridized carbons (Fsp3) is 0.222. The summed E-state index contributed by atoms with van der Waals surface area (Å²) in [7, 11) is 1.52. The van der Waals surface area contributed by atoms with Crippen LogP contribution in [0.4, 0.5) is 5.69 Å². The number of ether oxygens (including phenoxy) is 1. The number of para-hydroxylation sites is 2. The highest BCUT2D eigenvalue weighted by Crippen LogP contribution is 2.64. The van der Waals surface area contributed by atoms with Crippen molar-refractivity contribution in [1.29, 1.82) is 0 Å². The van der Waals surface area contributed by atoms with Gasteiger partial charge in [0.25, 0.3) is 0 Å². The molecule has 0 spiro atoms. The average Bonchev–Trinajstić information content (AvgIpc) is 3.09. The molecular weight excluding hydrogens is 402 g/mol. The molecule has 1 fully saturated rings. The van der Waals surface area contributed by atoms with E-state index in [2.05, 4.69) is 0 Å². The predicted octanol–water partition coefficient (Wildman–Crippen LogP) is 3.84. The minimum absolute atomic E-state index is 0.117. The van der Waals surface area contributed by atoms with Crippen molar-refractivity contribution in [2.24, 2.45) is 11.8 Å². The van der Waals surface area contributed by atoms with Crippen molar-refractivity contribution in [3.8, 4) is 5.75 Å². The Kier molecular flexibility index (Phi) is 3.79. The monoisotopic (exact) mass is 423 g/mol. The average molecular weight is 423 g/mol. The van der Waals surface area contributed by atoms with E-state index < -0.39 is 17.3 Å². The molecule has 1 saturated heterocycles. The van der Waals surface area contributed by atoms with E-state index >= 15 is 0 Å². The SMILES string of the molecule is COc1ccccc1N1C(=O)[C@@H]2C3c4ccccc4C(C(C)=O)(c4ccccc43)[C@@H]2C1=O. The van der Waals surface area contributed by atoms with E-state index in [0.717, 1.165) is 22.3 Å². The van der Waals surface area contributed by atoms with E-state index in [-0.39, 0.29) is 23.5 Å². The molecule has 4 aliphatic rings. The molecule has 3 aliphatic carbocycles. The second-order valence-electron chi connectivity index (χ2n) is 8.70. The van der Waals surface area contributed by atoms with E-state index in [9.17, 15) is 14.4 Å². The number of anilines is 1. The summed E-state index contributed by atoms with van der Waals surface area (Å²) in [6.45, 7) is 1.54. The van der Waals surface area contributed by atoms with Gasteiger partial charge in [0.05, 0.1) is 30.0 Å². The summed E-state index contributed by atoms with van der Waals surface area (Å²) in [5.41, 5.74) is 2.86. The number of ketones is 1. The second-order valence-corrected chi connectivity index (χ2v) is 8.70. The van der Waals surface area contributed by atoms with Crippen LogP contribution in [-0.4, -0.2) is 24.7 Å². The first-order valence-corrected chi connectivity index (χ1v) is 10.7. The van der Waals surface area contributed by atoms with E-state index in [1.54, 1.807) is 31.2 Å². The van der Waals surface area contributed by atoms with E-state index in [0.29, 0.717) is 11.4 Å². The molecule has 0 N–H and O–H groups in total. The number of methoxy groups -OCH3 is 1. The molecule has 2 atom stereocenters. The Morgan fingerprint density at radius 3 is 2.00 bits per heavy atom. The minimum atomic E-state index is -1.18. The molecule has 0 aromatic heterocycles. The maximum Gasteiger partial charge on any atom is 0.239 e. The van der Waals surface area contributed by atoms with Gasteiger partial charge in [0.1, 0.15) is 11.5 Å². The first-order chi connectivity index (χ1) is 15.5. The zero-order valence-corrected chi connectivity index (χ0v) is 17.7. The molecule has 0 radical (unpaired) electrons. The van der Waals surface area contributed by atoms with Crippen LogP contribution in [-0.2, 0) is 19.8 Å². The van der Waals surface area contributed by atoms with Crippen LogP contribution in [0.1, 0.15) is 35.1 Å². The summed E-state index contributed by atoms with van der Waals surface area (Å²) in [5.74, 6) is -1.98. The Hall–Kier alpha value is -3.73. The summed E-state index contributed by atoms with van der Waals surface area (Å²) in [4.78, 5) is 42.8. The molecule has 1 heterocycles. The summed E-state index contributed by atoms with van der Waals surface area (Å²) in [6, 6.07) is 22.6. The van der Waals surface area contributed by atoms with Crippen LogP contribution in [0.2, 0.25) is 0 Å². The highest BCUT2D eigenvalue weighted by molar-refractivity contribution is 6.26. The van der Waals surface area contributed by atoms with Crippen molar-refractivity contribution in [2.45, 2.75) is 18.3 Å². The molecule has 158 valence electrons. The van der Waals surface area contributed by atoms with Gasteiger partial charge in [0.2, 0.25) is 11.8 Å². The molecule has 0 unspecified atom stereocenters. The van der Waals surface area contributed by atoms with Crippen LogP contribution in [0.25, 0.3) is 0 Å². The number of carbonyl (C=O) groups excluding carboxylic acids is 3. The number of nitrogens with zero attached hydrogens (tertiary/aromatic N) is 1. The Morgan fingerprint density at radius 1 is 0.844 bits per heavy atom. The van der Waals surface area contributed by atoms with Gasteiger partial charge in [-0.25, -0.2) is 4.90 Å². The fourth-order valence-electron chi connectivity index (χ4n) is 6.42. The van der Waals surface area contributed by atoms with Gasteiger partial charge in [-0.05, 0) is 41.3 Å². The third-order valence-corrected chi connectivity index (χ3v) is 7.50. The Bertz CT molecular complexity index is 1280. The van der Waals surface area contributed by atoms with Crippen LogP contribution in [0.3, 0.4) is 0 Å². The molecule has 3 aromatic carbocycles. The number of carbonyl (C=O) groups is 3. The van der Waals surface area contributed by atoms with Crippen molar-refractivity contribution < 1.29 is 19.1 Å². The van der Waals surface area contributed by atoms with Gasteiger partial charge in [-0.3, -0.25) is 14.4 Å². The molecule has 32 heavy (non-hydrogen) atoms. The number of hydrogen-bond acceptors (Lipinski definition) is 4. The zero-order valence-electron chi connectivity index (χ0n) is 17.7. The lowest BCUT2D eigenvalue weighted by molar-refractivity contribution is -0.132. The van der Waals surface area contributed by atoms with Crippen molar-refractivity contribution in [3.63, 3.8) is 0 Å². The summed E-state index contributed by atoms with van der Waals surface area (Å²) >= 11 is 0. The van der Waals surface area contributed by atoms with Gasteiger partial charge in [0, 0.05) is 5.92 Å². The summed E-state index contributed by atoms with van der Waals surface area (Å²) in [6.07, 6.45) is 0. The van der Waals surface area contributed by atoms with Gasteiger partial charge in [-0.1, -0.05) is 60.7 Å². The molecule has 2 bridgehead atoms. The van der Waals surface area contributed by atoms with Gasteiger partial charge in [-0.2, -0.15) is 0 Å². The molecule has 2 amide bonds. The largest absolute Gasteiger partial charge is 0.495 e. The molecule has 5 nitrogen and oxygen atoms in total. The second kappa shape index (κ2) is 6.39. The van der Waals surface area contributed by atoms with E-state index in [1.807, 2.05) is 48.5 Å². The van der Waals surface area contributed by atoms with E-state index in [1.165, 1.54) is 12.0 Å².